The summed E-state index contributed by atoms with van der Waals surface area (Å²) in [7, 11) is 1.65. The van der Waals surface area contributed by atoms with Crippen LogP contribution >= 0.6 is 11.8 Å². The highest BCUT2D eigenvalue weighted by molar-refractivity contribution is 7.99. The van der Waals surface area contributed by atoms with Crippen molar-refractivity contribution in [2.45, 2.75) is 5.16 Å². The van der Waals surface area contributed by atoms with Crippen LogP contribution < -0.4 is 0 Å². The van der Waals surface area contributed by atoms with E-state index in [1.165, 1.54) is 4.68 Å². The topological polar surface area (TPSA) is 43.6 Å². The summed E-state index contributed by atoms with van der Waals surface area (Å²) in [4.78, 5) is 0. The van der Waals surface area contributed by atoms with Crippen molar-refractivity contribution in [3.63, 3.8) is 0 Å². The Balaban J connectivity index is 2.44. The SMILES string of the molecule is Cn1nnnc1SCC=C(F)F. The molecule has 0 aliphatic carbocycles. The van der Waals surface area contributed by atoms with E-state index >= 15 is 0 Å². The molecule has 0 saturated carbocycles. The molecular weight excluding hydrogens is 186 g/mol. The van der Waals surface area contributed by atoms with E-state index in [1.54, 1.807) is 7.05 Å². The summed E-state index contributed by atoms with van der Waals surface area (Å²) in [6.45, 7) is 0. The molecule has 0 aliphatic rings. The van der Waals surface area contributed by atoms with Gasteiger partial charge in [0.05, 0.1) is 0 Å². The number of aromatic nitrogens is 4. The summed E-state index contributed by atoms with van der Waals surface area (Å²) in [6, 6.07) is 0. The van der Waals surface area contributed by atoms with Crippen LogP contribution in [0.15, 0.2) is 17.3 Å². The van der Waals surface area contributed by atoms with Gasteiger partial charge in [-0.05, 0) is 16.5 Å². The highest BCUT2D eigenvalue weighted by Gasteiger charge is 2.00. The van der Waals surface area contributed by atoms with Gasteiger partial charge >= 0.3 is 0 Å². The van der Waals surface area contributed by atoms with Gasteiger partial charge in [-0.3, -0.25) is 0 Å². The van der Waals surface area contributed by atoms with Crippen molar-refractivity contribution in [2.75, 3.05) is 5.75 Å². The summed E-state index contributed by atoms with van der Waals surface area (Å²) < 4.78 is 24.5. The van der Waals surface area contributed by atoms with E-state index in [9.17, 15) is 8.78 Å². The first-order chi connectivity index (χ1) is 5.70. The molecule has 0 N–H and O–H groups in total. The van der Waals surface area contributed by atoms with Crippen LogP contribution in [0.25, 0.3) is 0 Å². The van der Waals surface area contributed by atoms with E-state index in [-0.39, 0.29) is 5.75 Å². The van der Waals surface area contributed by atoms with Crippen molar-refractivity contribution >= 4 is 11.8 Å². The molecule has 0 unspecified atom stereocenters. The van der Waals surface area contributed by atoms with Gasteiger partial charge in [0.1, 0.15) is 0 Å². The lowest BCUT2D eigenvalue weighted by molar-refractivity contribution is 0.420. The van der Waals surface area contributed by atoms with Crippen LogP contribution in [-0.2, 0) is 7.05 Å². The zero-order valence-electron chi connectivity index (χ0n) is 6.24. The van der Waals surface area contributed by atoms with Gasteiger partial charge in [-0.2, -0.15) is 8.78 Å². The lowest BCUT2D eigenvalue weighted by Gasteiger charge is -1.92. The van der Waals surface area contributed by atoms with Gasteiger partial charge in [-0.15, -0.1) is 5.10 Å². The zero-order chi connectivity index (χ0) is 8.97. The quantitative estimate of drug-likeness (QED) is 0.672. The molecule has 0 atom stereocenters. The van der Waals surface area contributed by atoms with Crippen LogP contribution in [0.2, 0.25) is 0 Å². The third-order valence-corrected chi connectivity index (χ3v) is 1.97. The summed E-state index contributed by atoms with van der Waals surface area (Å²) in [5.41, 5.74) is 0. The lowest BCUT2D eigenvalue weighted by atomic mass is 10.7. The van der Waals surface area contributed by atoms with Crippen LogP contribution in [0.4, 0.5) is 8.78 Å². The van der Waals surface area contributed by atoms with Crippen LogP contribution in [-0.4, -0.2) is 26.0 Å². The fraction of sp³-hybridized carbons (Fsp3) is 0.400. The Labute approximate surface area is 71.6 Å². The van der Waals surface area contributed by atoms with Gasteiger partial charge in [0, 0.05) is 12.8 Å². The molecule has 0 aliphatic heterocycles. The van der Waals surface area contributed by atoms with Crippen molar-refractivity contribution in [1.82, 2.24) is 20.2 Å². The predicted octanol–water partition coefficient (Wildman–Crippen LogP) is 1.08. The molecule has 0 bridgehead atoms. The minimum absolute atomic E-state index is 0.177. The summed E-state index contributed by atoms with van der Waals surface area (Å²) >= 11 is 1.15. The van der Waals surface area contributed by atoms with E-state index in [0.29, 0.717) is 5.16 Å². The molecule has 12 heavy (non-hydrogen) atoms. The number of tetrazole rings is 1. The second kappa shape index (κ2) is 4.15. The first kappa shape index (κ1) is 9.11. The number of thioether (sulfide) groups is 1. The summed E-state index contributed by atoms with van der Waals surface area (Å²) in [5, 5.41) is 11.0. The number of halogens is 2. The van der Waals surface area contributed by atoms with Crippen LogP contribution in [0.1, 0.15) is 0 Å². The largest absolute Gasteiger partial charge is 0.267 e. The van der Waals surface area contributed by atoms with Gasteiger partial charge in [0.15, 0.2) is 0 Å². The molecule has 66 valence electrons. The maximum atomic E-state index is 11.6. The molecule has 1 aromatic heterocycles. The number of nitrogens with zero attached hydrogens (tertiary/aromatic N) is 4. The molecule has 4 nitrogen and oxygen atoms in total. The third-order valence-electron chi connectivity index (χ3n) is 1.03. The Bertz CT molecular complexity index is 281. The predicted molar refractivity (Wildman–Crippen MR) is 39.8 cm³/mol. The number of hydrogen-bond donors (Lipinski definition) is 0. The second-order valence-electron chi connectivity index (χ2n) is 1.89. The minimum Gasteiger partial charge on any atom is -0.224 e. The molecule has 0 aromatic carbocycles. The summed E-state index contributed by atoms with van der Waals surface area (Å²) in [5.74, 6) is 0.177. The molecule has 1 aromatic rings. The molecular formula is C5H6F2N4S. The second-order valence-corrected chi connectivity index (χ2v) is 2.88. The molecule has 7 heteroatoms. The van der Waals surface area contributed by atoms with Gasteiger partial charge in [-0.1, -0.05) is 11.8 Å². The molecule has 0 spiro atoms. The van der Waals surface area contributed by atoms with E-state index in [1.807, 2.05) is 0 Å². The highest BCUT2D eigenvalue weighted by Crippen LogP contribution is 2.13. The number of aryl methyl sites for hydroxylation is 1. The average Bonchev–Trinajstić information content (AvgIpc) is 2.36. The first-order valence-corrected chi connectivity index (χ1v) is 4.05. The Morgan fingerprint density at radius 2 is 2.42 bits per heavy atom. The highest BCUT2D eigenvalue weighted by atomic mass is 32.2. The number of hydrogen-bond acceptors (Lipinski definition) is 4. The molecule has 0 saturated heterocycles. The Morgan fingerprint density at radius 3 is 2.92 bits per heavy atom. The molecule has 0 fully saturated rings. The van der Waals surface area contributed by atoms with Crippen LogP contribution in [0, 0.1) is 0 Å². The molecule has 0 amide bonds. The van der Waals surface area contributed by atoms with Crippen molar-refractivity contribution in [2.24, 2.45) is 7.05 Å². The maximum absolute atomic E-state index is 11.6. The van der Waals surface area contributed by atoms with Gasteiger partial charge in [0.2, 0.25) is 5.16 Å². The molecule has 1 rings (SSSR count). The number of rotatable bonds is 3. The maximum Gasteiger partial charge on any atom is 0.267 e. The Morgan fingerprint density at radius 1 is 1.67 bits per heavy atom. The third kappa shape index (κ3) is 2.57. The molecule has 0 radical (unpaired) electrons. The van der Waals surface area contributed by atoms with Crippen molar-refractivity contribution < 1.29 is 8.78 Å². The standard InChI is InChI=1S/C5H6F2N4S/c1-11-5(8-9-10-11)12-3-2-4(6)7/h2H,3H2,1H3. The van der Waals surface area contributed by atoms with E-state index in [2.05, 4.69) is 15.5 Å². The Hall–Kier alpha value is -0.980. The smallest absolute Gasteiger partial charge is 0.224 e. The van der Waals surface area contributed by atoms with Crippen LogP contribution in [0.3, 0.4) is 0 Å². The first-order valence-electron chi connectivity index (χ1n) is 3.06. The van der Waals surface area contributed by atoms with Crippen molar-refractivity contribution in [1.29, 1.82) is 0 Å². The van der Waals surface area contributed by atoms with Gasteiger partial charge < -0.3 is 0 Å². The van der Waals surface area contributed by atoms with E-state index in [0.717, 1.165) is 17.8 Å². The van der Waals surface area contributed by atoms with Crippen molar-refractivity contribution in [3.8, 4) is 0 Å². The summed E-state index contributed by atoms with van der Waals surface area (Å²) in [6.07, 6.45) is -0.864. The van der Waals surface area contributed by atoms with E-state index < -0.39 is 6.08 Å². The van der Waals surface area contributed by atoms with Gasteiger partial charge in [0.25, 0.3) is 6.08 Å². The zero-order valence-corrected chi connectivity index (χ0v) is 7.05. The fourth-order valence-electron chi connectivity index (χ4n) is 0.523. The normalized spacial score (nSPS) is 9.92. The lowest BCUT2D eigenvalue weighted by Crippen LogP contribution is -1.92. The van der Waals surface area contributed by atoms with E-state index in [4.69, 9.17) is 0 Å². The minimum atomic E-state index is -1.68. The van der Waals surface area contributed by atoms with Crippen molar-refractivity contribution in [3.05, 3.63) is 12.2 Å². The van der Waals surface area contributed by atoms with Crippen LogP contribution in [0.5, 0.6) is 0 Å². The Kier molecular flexibility index (Phi) is 3.15. The van der Waals surface area contributed by atoms with Gasteiger partial charge in [-0.25, -0.2) is 4.68 Å². The average molecular weight is 192 g/mol. The monoisotopic (exact) mass is 192 g/mol. The molecule has 1 heterocycles. The fourth-order valence-corrected chi connectivity index (χ4v) is 1.20.